The smallest absolute Gasteiger partial charge is 0.0448 e. The first-order valence-electron chi connectivity index (χ1n) is 5.58. The van der Waals surface area contributed by atoms with Crippen molar-refractivity contribution in [3.05, 3.63) is 0 Å². The van der Waals surface area contributed by atoms with Gasteiger partial charge in [0.25, 0.3) is 0 Å². The molecule has 1 fully saturated rings. The van der Waals surface area contributed by atoms with Crippen LogP contribution in [0.2, 0.25) is 0 Å². The number of nitrogens with one attached hydrogen (secondary N) is 1. The van der Waals surface area contributed by atoms with E-state index in [1.165, 1.54) is 25.7 Å². The molecule has 1 saturated carbocycles. The topological polar surface area (TPSA) is 32.3 Å². The summed E-state index contributed by atoms with van der Waals surface area (Å²) in [5.74, 6) is 0.830. The van der Waals surface area contributed by atoms with Gasteiger partial charge in [-0.3, -0.25) is 0 Å². The lowest BCUT2D eigenvalue weighted by Gasteiger charge is -2.30. The molecular formula is C11H23NO. The molecule has 2 heteroatoms. The van der Waals surface area contributed by atoms with Crippen molar-refractivity contribution in [2.45, 2.75) is 51.5 Å². The Balaban J connectivity index is 2.44. The van der Waals surface area contributed by atoms with Gasteiger partial charge in [-0.25, -0.2) is 0 Å². The fraction of sp³-hybridized carbons (Fsp3) is 1.00. The first-order chi connectivity index (χ1) is 6.22. The van der Waals surface area contributed by atoms with E-state index in [1.54, 1.807) is 0 Å². The quantitative estimate of drug-likeness (QED) is 0.686. The molecule has 0 bridgehead atoms. The van der Waals surface area contributed by atoms with Crippen molar-refractivity contribution in [3.63, 3.8) is 0 Å². The number of aliphatic hydroxyl groups excluding tert-OH is 1. The number of aliphatic hydroxyl groups is 1. The van der Waals surface area contributed by atoms with E-state index in [0.717, 1.165) is 18.9 Å². The van der Waals surface area contributed by atoms with Crippen LogP contribution in [-0.4, -0.2) is 23.8 Å². The molecule has 13 heavy (non-hydrogen) atoms. The molecule has 0 aromatic carbocycles. The van der Waals surface area contributed by atoms with Crippen LogP contribution in [0.1, 0.15) is 46.0 Å². The molecule has 0 aliphatic heterocycles. The van der Waals surface area contributed by atoms with Crippen LogP contribution in [-0.2, 0) is 0 Å². The van der Waals surface area contributed by atoms with Crippen molar-refractivity contribution in [1.82, 2.24) is 5.32 Å². The number of rotatable bonds is 5. The van der Waals surface area contributed by atoms with Crippen LogP contribution < -0.4 is 5.32 Å². The highest BCUT2D eigenvalue weighted by molar-refractivity contribution is 4.94. The normalized spacial score (nSPS) is 33.9. The van der Waals surface area contributed by atoms with E-state index in [2.05, 4.69) is 19.2 Å². The van der Waals surface area contributed by atoms with E-state index in [-0.39, 0.29) is 5.54 Å². The molecule has 1 aliphatic rings. The Bertz CT molecular complexity index is 145. The molecule has 2 unspecified atom stereocenters. The van der Waals surface area contributed by atoms with Gasteiger partial charge in [0.05, 0.1) is 0 Å². The fourth-order valence-corrected chi connectivity index (χ4v) is 2.47. The summed E-state index contributed by atoms with van der Waals surface area (Å²) in [7, 11) is 0. The van der Waals surface area contributed by atoms with Crippen molar-refractivity contribution in [3.8, 4) is 0 Å². The maximum atomic E-state index is 9.04. The standard InChI is InChI=1S/C11H23NO/c1-3-7-12-11(6-8-13)5-4-10(2)9-11/h10,12-13H,3-9H2,1-2H3. The summed E-state index contributed by atoms with van der Waals surface area (Å²) < 4.78 is 0. The van der Waals surface area contributed by atoms with E-state index in [1.807, 2.05) is 0 Å². The van der Waals surface area contributed by atoms with E-state index in [4.69, 9.17) is 5.11 Å². The second-order valence-electron chi connectivity index (χ2n) is 4.53. The SMILES string of the molecule is CCCNC1(CCO)CCC(C)C1. The van der Waals surface area contributed by atoms with Crippen molar-refractivity contribution in [1.29, 1.82) is 0 Å². The zero-order valence-electron chi connectivity index (χ0n) is 8.97. The first kappa shape index (κ1) is 11.0. The van der Waals surface area contributed by atoms with Gasteiger partial charge < -0.3 is 10.4 Å². The molecule has 0 saturated heterocycles. The molecule has 0 amide bonds. The van der Waals surface area contributed by atoms with E-state index in [9.17, 15) is 0 Å². The average Bonchev–Trinajstić information content (AvgIpc) is 2.46. The lowest BCUT2D eigenvalue weighted by molar-refractivity contribution is 0.208. The summed E-state index contributed by atoms with van der Waals surface area (Å²) >= 11 is 0. The maximum absolute atomic E-state index is 9.04. The minimum atomic E-state index is 0.268. The van der Waals surface area contributed by atoms with Gasteiger partial charge in [0, 0.05) is 12.1 Å². The van der Waals surface area contributed by atoms with Crippen LogP contribution in [0.4, 0.5) is 0 Å². The summed E-state index contributed by atoms with van der Waals surface area (Å²) in [6, 6.07) is 0. The average molecular weight is 185 g/mol. The zero-order valence-corrected chi connectivity index (χ0v) is 8.97. The van der Waals surface area contributed by atoms with Gasteiger partial charge in [0.1, 0.15) is 0 Å². The van der Waals surface area contributed by atoms with Gasteiger partial charge in [0.2, 0.25) is 0 Å². The van der Waals surface area contributed by atoms with Gasteiger partial charge >= 0.3 is 0 Å². The van der Waals surface area contributed by atoms with E-state index >= 15 is 0 Å². The Morgan fingerprint density at radius 1 is 1.54 bits per heavy atom. The van der Waals surface area contributed by atoms with E-state index in [0.29, 0.717) is 6.61 Å². The lowest BCUT2D eigenvalue weighted by Crippen LogP contribution is -2.44. The second kappa shape index (κ2) is 4.97. The molecule has 0 aromatic heterocycles. The van der Waals surface area contributed by atoms with E-state index < -0.39 is 0 Å². The fourth-order valence-electron chi connectivity index (χ4n) is 2.47. The highest BCUT2D eigenvalue weighted by atomic mass is 16.3. The first-order valence-corrected chi connectivity index (χ1v) is 5.58. The van der Waals surface area contributed by atoms with Crippen LogP contribution in [0.3, 0.4) is 0 Å². The van der Waals surface area contributed by atoms with Gasteiger partial charge in [-0.15, -0.1) is 0 Å². The predicted molar refractivity (Wildman–Crippen MR) is 55.7 cm³/mol. The van der Waals surface area contributed by atoms with Crippen molar-refractivity contribution < 1.29 is 5.11 Å². The minimum absolute atomic E-state index is 0.268. The largest absolute Gasteiger partial charge is 0.396 e. The van der Waals surface area contributed by atoms with Gasteiger partial charge in [0.15, 0.2) is 0 Å². The Kier molecular flexibility index (Phi) is 4.20. The maximum Gasteiger partial charge on any atom is 0.0448 e. The third-order valence-electron chi connectivity index (χ3n) is 3.20. The Morgan fingerprint density at radius 2 is 2.31 bits per heavy atom. The van der Waals surface area contributed by atoms with Crippen molar-refractivity contribution in [2.75, 3.05) is 13.2 Å². The van der Waals surface area contributed by atoms with Gasteiger partial charge in [-0.2, -0.15) is 0 Å². The third kappa shape index (κ3) is 2.96. The molecule has 2 nitrogen and oxygen atoms in total. The predicted octanol–water partition coefficient (Wildman–Crippen LogP) is 1.93. The molecule has 78 valence electrons. The molecule has 0 spiro atoms. The Labute approximate surface area is 81.7 Å². The number of hydrogen-bond donors (Lipinski definition) is 2. The van der Waals surface area contributed by atoms with Crippen molar-refractivity contribution in [2.24, 2.45) is 5.92 Å². The second-order valence-corrected chi connectivity index (χ2v) is 4.53. The minimum Gasteiger partial charge on any atom is -0.396 e. The molecule has 0 radical (unpaired) electrons. The molecule has 1 rings (SSSR count). The van der Waals surface area contributed by atoms with Crippen LogP contribution in [0, 0.1) is 5.92 Å². The van der Waals surface area contributed by atoms with Crippen LogP contribution in [0.15, 0.2) is 0 Å². The summed E-state index contributed by atoms with van der Waals surface area (Å²) in [5, 5.41) is 12.7. The molecule has 2 atom stereocenters. The van der Waals surface area contributed by atoms with Gasteiger partial charge in [-0.05, 0) is 44.6 Å². The summed E-state index contributed by atoms with van der Waals surface area (Å²) in [5.41, 5.74) is 0.268. The molecule has 2 N–H and O–H groups in total. The molecule has 1 aliphatic carbocycles. The molecule has 0 heterocycles. The highest BCUT2D eigenvalue weighted by Crippen LogP contribution is 2.36. The van der Waals surface area contributed by atoms with Crippen LogP contribution >= 0.6 is 0 Å². The summed E-state index contributed by atoms with van der Waals surface area (Å²) in [6.07, 6.45) is 5.91. The number of hydrogen-bond acceptors (Lipinski definition) is 2. The van der Waals surface area contributed by atoms with Gasteiger partial charge in [-0.1, -0.05) is 13.8 Å². The summed E-state index contributed by atoms with van der Waals surface area (Å²) in [6.45, 7) is 5.92. The Morgan fingerprint density at radius 3 is 2.77 bits per heavy atom. The summed E-state index contributed by atoms with van der Waals surface area (Å²) in [4.78, 5) is 0. The molecule has 0 aromatic rings. The van der Waals surface area contributed by atoms with Crippen molar-refractivity contribution >= 4 is 0 Å². The monoisotopic (exact) mass is 185 g/mol. The van der Waals surface area contributed by atoms with Crippen LogP contribution in [0.5, 0.6) is 0 Å². The molecular weight excluding hydrogens is 162 g/mol. The Hall–Kier alpha value is -0.0800. The zero-order chi connectivity index (χ0) is 9.73. The lowest BCUT2D eigenvalue weighted by atomic mass is 9.92. The van der Waals surface area contributed by atoms with Crippen LogP contribution in [0.25, 0.3) is 0 Å². The highest BCUT2D eigenvalue weighted by Gasteiger charge is 2.35. The third-order valence-corrected chi connectivity index (χ3v) is 3.20.